The Kier molecular flexibility index (Phi) is 13.5. The maximum Gasteiger partial charge on any atom is 0.0979 e. The first-order valence-electron chi connectivity index (χ1n) is 9.30. The Morgan fingerprint density at radius 3 is 1.38 bits per heavy atom. The Bertz CT molecular complexity index is 228. The lowest BCUT2D eigenvalue weighted by molar-refractivity contribution is 0.0930. The van der Waals surface area contributed by atoms with Crippen LogP contribution in [0.2, 0.25) is 6.04 Å². The van der Waals surface area contributed by atoms with Crippen molar-refractivity contribution in [2.24, 2.45) is 0 Å². The molecule has 0 saturated carbocycles. The highest BCUT2D eigenvalue weighted by Crippen LogP contribution is 2.16. The molecule has 3 heteroatoms. The third kappa shape index (κ3) is 7.62. The number of nitrogens with zero attached hydrogens (tertiary/aromatic N) is 2. The zero-order valence-corrected chi connectivity index (χ0v) is 16.7. The summed E-state index contributed by atoms with van der Waals surface area (Å²) in [6.07, 6.45) is 7.37. The number of rotatable bonds is 13. The van der Waals surface area contributed by atoms with Gasteiger partial charge in [0.15, 0.2) is 0 Å². The van der Waals surface area contributed by atoms with Crippen LogP contribution in [0.1, 0.15) is 67.2 Å². The van der Waals surface area contributed by atoms with Crippen molar-refractivity contribution in [3.05, 3.63) is 11.8 Å². The van der Waals surface area contributed by atoms with Gasteiger partial charge in [0.25, 0.3) is 0 Å². The molecule has 0 saturated heterocycles. The molecule has 0 aromatic rings. The van der Waals surface area contributed by atoms with Gasteiger partial charge in [-0.25, -0.2) is 0 Å². The van der Waals surface area contributed by atoms with Crippen LogP contribution in [0.4, 0.5) is 0 Å². The van der Waals surface area contributed by atoms with Crippen LogP contribution in [0.25, 0.3) is 0 Å². The van der Waals surface area contributed by atoms with Crippen molar-refractivity contribution in [3.63, 3.8) is 0 Å². The fourth-order valence-corrected chi connectivity index (χ4v) is 6.43. The summed E-state index contributed by atoms with van der Waals surface area (Å²) in [5, 5.41) is 0. The van der Waals surface area contributed by atoms with E-state index >= 15 is 0 Å². The minimum atomic E-state index is -0.899. The highest BCUT2D eigenvalue weighted by molar-refractivity contribution is 6.65. The molecule has 0 aromatic carbocycles. The van der Waals surface area contributed by atoms with E-state index in [0.717, 1.165) is 0 Å². The Labute approximate surface area is 136 Å². The molecule has 0 rings (SSSR count). The molecule has 21 heavy (non-hydrogen) atoms. The molecule has 0 aliphatic rings. The van der Waals surface area contributed by atoms with Gasteiger partial charge in [-0.3, -0.25) is 9.80 Å². The highest BCUT2D eigenvalue weighted by atomic mass is 28.3. The van der Waals surface area contributed by atoms with Crippen LogP contribution in [0.5, 0.6) is 0 Å². The summed E-state index contributed by atoms with van der Waals surface area (Å²) in [5.74, 6) is 0.714. The van der Waals surface area contributed by atoms with Crippen molar-refractivity contribution in [1.29, 1.82) is 0 Å². The molecule has 2 nitrogen and oxygen atoms in total. The molecular formula is C18H40N2Si. The molecule has 0 fully saturated rings. The number of hydrogen-bond acceptors (Lipinski definition) is 2. The molecule has 1 atom stereocenters. The normalized spacial score (nSPS) is 14.0. The summed E-state index contributed by atoms with van der Waals surface area (Å²) >= 11 is 0. The average molecular weight is 313 g/mol. The quantitative estimate of drug-likeness (QED) is 0.366. The molecular weight excluding hydrogens is 272 g/mol. The zero-order valence-electron chi connectivity index (χ0n) is 15.6. The second-order valence-electron chi connectivity index (χ2n) is 6.08. The first-order chi connectivity index (χ1) is 10.2. The van der Waals surface area contributed by atoms with Crippen molar-refractivity contribution in [2.45, 2.75) is 79.1 Å². The van der Waals surface area contributed by atoms with Gasteiger partial charge in [-0.1, -0.05) is 52.4 Å². The minimum Gasteiger partial charge on any atom is -0.291 e. The average Bonchev–Trinajstić information content (AvgIpc) is 2.47. The maximum atomic E-state index is 2.80. The first kappa shape index (κ1) is 20.9. The molecule has 0 spiro atoms. The smallest absolute Gasteiger partial charge is 0.0979 e. The fourth-order valence-electron chi connectivity index (χ4n) is 3.37. The van der Waals surface area contributed by atoms with E-state index in [1.807, 2.05) is 0 Å². The SMILES string of the molecule is C/C=C\[SiH](CC)C(N(CCC)CCC)N(CCC)CCC. The van der Waals surface area contributed by atoms with Gasteiger partial charge in [0.05, 0.1) is 14.6 Å². The van der Waals surface area contributed by atoms with Crippen molar-refractivity contribution in [1.82, 2.24) is 9.80 Å². The summed E-state index contributed by atoms with van der Waals surface area (Å²) in [6.45, 7) is 18.9. The Morgan fingerprint density at radius 2 is 1.14 bits per heavy atom. The fraction of sp³-hybridized carbons (Fsp3) is 0.889. The minimum absolute atomic E-state index is 0.714. The lowest BCUT2D eigenvalue weighted by atomic mass is 10.3. The Morgan fingerprint density at radius 1 is 0.762 bits per heavy atom. The van der Waals surface area contributed by atoms with Gasteiger partial charge in [-0.2, -0.15) is 0 Å². The van der Waals surface area contributed by atoms with Gasteiger partial charge in [0.1, 0.15) is 0 Å². The predicted octanol–water partition coefficient (Wildman–Crippen LogP) is 4.46. The monoisotopic (exact) mass is 312 g/mol. The van der Waals surface area contributed by atoms with E-state index in [9.17, 15) is 0 Å². The molecule has 0 aromatic heterocycles. The van der Waals surface area contributed by atoms with Crippen molar-refractivity contribution < 1.29 is 0 Å². The van der Waals surface area contributed by atoms with Crippen LogP contribution in [-0.2, 0) is 0 Å². The molecule has 0 radical (unpaired) electrons. The van der Waals surface area contributed by atoms with E-state index in [-0.39, 0.29) is 0 Å². The number of allylic oxidation sites excluding steroid dienone is 1. The molecule has 1 unspecified atom stereocenters. The van der Waals surface area contributed by atoms with Gasteiger partial charge in [-0.15, -0.1) is 0 Å². The zero-order chi connectivity index (χ0) is 16.1. The standard InChI is InChI=1S/C18H40N2Si/c1-7-13-19(14-8-2)18(21(12-6)17-11-5)20(15-9-3)16-10-4/h11,17-18,21H,7-10,12-16H2,1-6H3/b17-11-. The second kappa shape index (κ2) is 13.5. The van der Waals surface area contributed by atoms with Gasteiger partial charge in [0.2, 0.25) is 0 Å². The van der Waals surface area contributed by atoms with Crippen LogP contribution in [0.15, 0.2) is 11.8 Å². The van der Waals surface area contributed by atoms with Crippen molar-refractivity contribution in [2.75, 3.05) is 26.2 Å². The van der Waals surface area contributed by atoms with Crippen molar-refractivity contribution >= 4 is 8.80 Å². The van der Waals surface area contributed by atoms with E-state index in [2.05, 4.69) is 63.1 Å². The molecule has 0 N–H and O–H groups in total. The molecule has 0 aliphatic carbocycles. The maximum absolute atomic E-state index is 2.80. The van der Waals surface area contributed by atoms with Crippen LogP contribution in [0.3, 0.4) is 0 Å². The summed E-state index contributed by atoms with van der Waals surface area (Å²) in [7, 11) is -0.899. The van der Waals surface area contributed by atoms with E-state index in [1.165, 1.54) is 57.9 Å². The molecule has 0 amide bonds. The Balaban J connectivity index is 5.34. The number of hydrogen-bond donors (Lipinski definition) is 0. The van der Waals surface area contributed by atoms with Crippen LogP contribution in [0, 0.1) is 0 Å². The topological polar surface area (TPSA) is 6.48 Å². The lowest BCUT2D eigenvalue weighted by Crippen LogP contribution is -2.57. The van der Waals surface area contributed by atoms with Gasteiger partial charge in [-0.05, 0) is 58.8 Å². The first-order valence-corrected chi connectivity index (χ1v) is 11.5. The molecule has 0 aliphatic heterocycles. The third-order valence-corrected chi connectivity index (χ3v) is 7.52. The predicted molar refractivity (Wildman–Crippen MR) is 101 cm³/mol. The van der Waals surface area contributed by atoms with Gasteiger partial charge < -0.3 is 0 Å². The molecule has 126 valence electrons. The Hall–Kier alpha value is -0.123. The largest absolute Gasteiger partial charge is 0.291 e. The van der Waals surface area contributed by atoms with Crippen LogP contribution < -0.4 is 0 Å². The van der Waals surface area contributed by atoms with E-state index < -0.39 is 8.80 Å². The van der Waals surface area contributed by atoms with Gasteiger partial charge in [0, 0.05) is 0 Å². The lowest BCUT2D eigenvalue weighted by Gasteiger charge is -2.43. The molecule has 0 bridgehead atoms. The van der Waals surface area contributed by atoms with E-state index in [0.29, 0.717) is 5.79 Å². The molecule has 0 heterocycles. The summed E-state index contributed by atoms with van der Waals surface area (Å²) in [6, 6.07) is 1.36. The van der Waals surface area contributed by atoms with E-state index in [1.54, 1.807) is 0 Å². The summed E-state index contributed by atoms with van der Waals surface area (Å²) in [4.78, 5) is 5.59. The van der Waals surface area contributed by atoms with Gasteiger partial charge >= 0.3 is 0 Å². The van der Waals surface area contributed by atoms with Crippen molar-refractivity contribution in [3.8, 4) is 0 Å². The highest BCUT2D eigenvalue weighted by Gasteiger charge is 2.29. The second-order valence-corrected chi connectivity index (χ2v) is 9.21. The van der Waals surface area contributed by atoms with E-state index in [4.69, 9.17) is 0 Å². The third-order valence-electron chi connectivity index (χ3n) is 4.09. The summed E-state index contributed by atoms with van der Waals surface area (Å²) < 4.78 is 0. The van der Waals surface area contributed by atoms with Crippen LogP contribution >= 0.6 is 0 Å². The summed E-state index contributed by atoms with van der Waals surface area (Å²) in [5.41, 5.74) is 2.57. The van der Waals surface area contributed by atoms with Crippen LogP contribution in [-0.4, -0.2) is 50.6 Å².